The highest BCUT2D eigenvalue weighted by atomic mass is 19.1. The number of benzene rings is 1. The molecular formula is C13H16FNO3. The van der Waals surface area contributed by atoms with Crippen molar-refractivity contribution in [2.75, 3.05) is 26.9 Å². The van der Waals surface area contributed by atoms with Crippen LogP contribution in [-0.4, -0.2) is 43.7 Å². The van der Waals surface area contributed by atoms with E-state index in [0.29, 0.717) is 25.5 Å². The zero-order valence-corrected chi connectivity index (χ0v) is 10.5. The van der Waals surface area contributed by atoms with Gasteiger partial charge in [-0.1, -0.05) is 0 Å². The van der Waals surface area contributed by atoms with E-state index < -0.39 is 5.82 Å². The molecule has 1 aromatic carbocycles. The average Bonchev–Trinajstić information content (AvgIpc) is 2.38. The van der Waals surface area contributed by atoms with Crippen molar-refractivity contribution in [2.45, 2.75) is 13.0 Å². The topological polar surface area (TPSA) is 38.8 Å². The van der Waals surface area contributed by atoms with E-state index in [2.05, 4.69) is 0 Å². The summed E-state index contributed by atoms with van der Waals surface area (Å²) >= 11 is 0. The molecule has 1 atom stereocenters. The molecule has 1 heterocycles. The molecule has 0 aliphatic carbocycles. The van der Waals surface area contributed by atoms with Gasteiger partial charge in [-0.3, -0.25) is 4.79 Å². The van der Waals surface area contributed by atoms with Crippen molar-refractivity contribution < 1.29 is 18.7 Å². The van der Waals surface area contributed by atoms with Crippen molar-refractivity contribution in [3.8, 4) is 5.75 Å². The van der Waals surface area contributed by atoms with Gasteiger partial charge >= 0.3 is 0 Å². The van der Waals surface area contributed by atoms with Gasteiger partial charge in [-0.25, -0.2) is 4.39 Å². The molecule has 1 amide bonds. The number of ether oxygens (including phenoxy) is 2. The summed E-state index contributed by atoms with van der Waals surface area (Å²) in [4.78, 5) is 13.9. The zero-order valence-electron chi connectivity index (χ0n) is 10.5. The van der Waals surface area contributed by atoms with Gasteiger partial charge in [0.1, 0.15) is 11.6 Å². The Hall–Kier alpha value is -1.62. The minimum Gasteiger partial charge on any atom is -0.497 e. The fraction of sp³-hybridized carbons (Fsp3) is 0.462. The van der Waals surface area contributed by atoms with E-state index in [-0.39, 0.29) is 17.5 Å². The molecule has 1 unspecified atom stereocenters. The maximum Gasteiger partial charge on any atom is 0.257 e. The molecule has 5 heteroatoms. The van der Waals surface area contributed by atoms with Gasteiger partial charge in [0.2, 0.25) is 0 Å². The summed E-state index contributed by atoms with van der Waals surface area (Å²) in [5.74, 6) is -0.455. The summed E-state index contributed by atoms with van der Waals surface area (Å²) in [6.45, 7) is 3.36. The molecule has 1 aliphatic rings. The van der Waals surface area contributed by atoms with Crippen molar-refractivity contribution in [3.63, 3.8) is 0 Å². The Morgan fingerprint density at radius 1 is 1.56 bits per heavy atom. The molecule has 4 nitrogen and oxygen atoms in total. The molecule has 1 aromatic rings. The highest BCUT2D eigenvalue weighted by Crippen LogP contribution is 2.19. The Morgan fingerprint density at radius 2 is 2.33 bits per heavy atom. The van der Waals surface area contributed by atoms with Gasteiger partial charge < -0.3 is 14.4 Å². The van der Waals surface area contributed by atoms with Crippen LogP contribution in [0.1, 0.15) is 17.3 Å². The molecule has 98 valence electrons. The number of rotatable bonds is 2. The maximum absolute atomic E-state index is 13.8. The molecule has 2 rings (SSSR count). The fourth-order valence-electron chi connectivity index (χ4n) is 1.98. The lowest BCUT2D eigenvalue weighted by Crippen LogP contribution is -2.47. The predicted molar refractivity (Wildman–Crippen MR) is 64.3 cm³/mol. The maximum atomic E-state index is 13.8. The molecule has 0 bridgehead atoms. The number of methoxy groups -OCH3 is 1. The number of nitrogens with zero attached hydrogens (tertiary/aromatic N) is 1. The molecule has 0 N–H and O–H groups in total. The number of carbonyl (C=O) groups excluding carboxylic acids is 1. The van der Waals surface area contributed by atoms with E-state index in [4.69, 9.17) is 9.47 Å². The van der Waals surface area contributed by atoms with Crippen LogP contribution < -0.4 is 4.74 Å². The second kappa shape index (κ2) is 5.35. The van der Waals surface area contributed by atoms with E-state index in [1.807, 2.05) is 6.92 Å². The van der Waals surface area contributed by atoms with Crippen molar-refractivity contribution in [1.29, 1.82) is 0 Å². The molecule has 0 saturated carbocycles. The van der Waals surface area contributed by atoms with Gasteiger partial charge in [-0.2, -0.15) is 0 Å². The van der Waals surface area contributed by atoms with Gasteiger partial charge in [-0.15, -0.1) is 0 Å². The normalized spacial score (nSPS) is 19.7. The standard InChI is InChI=1S/C13H16FNO3/c1-9-8-18-6-5-15(9)13(16)11-4-3-10(17-2)7-12(11)14/h3-4,7,9H,5-6,8H2,1-2H3. The van der Waals surface area contributed by atoms with Crippen LogP contribution in [0.4, 0.5) is 4.39 Å². The molecule has 1 aliphatic heterocycles. The average molecular weight is 253 g/mol. The van der Waals surface area contributed by atoms with Crippen LogP contribution in [0.3, 0.4) is 0 Å². The van der Waals surface area contributed by atoms with Crippen LogP contribution in [0.15, 0.2) is 18.2 Å². The van der Waals surface area contributed by atoms with E-state index in [9.17, 15) is 9.18 Å². The highest BCUT2D eigenvalue weighted by molar-refractivity contribution is 5.94. The minimum atomic E-state index is -0.557. The first-order valence-electron chi connectivity index (χ1n) is 5.85. The lowest BCUT2D eigenvalue weighted by molar-refractivity contribution is 0.00335. The second-order valence-corrected chi connectivity index (χ2v) is 4.27. The summed E-state index contributed by atoms with van der Waals surface area (Å²) in [5.41, 5.74) is 0.0737. The quantitative estimate of drug-likeness (QED) is 0.805. The summed E-state index contributed by atoms with van der Waals surface area (Å²) in [6.07, 6.45) is 0. The summed E-state index contributed by atoms with van der Waals surface area (Å²) in [7, 11) is 1.46. The van der Waals surface area contributed by atoms with Crippen molar-refractivity contribution in [2.24, 2.45) is 0 Å². The number of halogens is 1. The zero-order chi connectivity index (χ0) is 13.1. The summed E-state index contributed by atoms with van der Waals surface area (Å²) in [5, 5.41) is 0. The van der Waals surface area contributed by atoms with Crippen LogP contribution in [0, 0.1) is 5.82 Å². The number of hydrogen-bond donors (Lipinski definition) is 0. The lowest BCUT2D eigenvalue weighted by Gasteiger charge is -2.33. The second-order valence-electron chi connectivity index (χ2n) is 4.27. The van der Waals surface area contributed by atoms with Crippen LogP contribution in [0.2, 0.25) is 0 Å². The third-order valence-electron chi connectivity index (χ3n) is 3.04. The fourth-order valence-corrected chi connectivity index (χ4v) is 1.98. The Balaban J connectivity index is 2.22. The number of carbonyl (C=O) groups is 1. The van der Waals surface area contributed by atoms with Crippen molar-refractivity contribution >= 4 is 5.91 Å². The molecule has 0 radical (unpaired) electrons. The Morgan fingerprint density at radius 3 is 2.94 bits per heavy atom. The van der Waals surface area contributed by atoms with Crippen LogP contribution in [0.5, 0.6) is 5.75 Å². The Bertz CT molecular complexity index is 450. The molecule has 0 spiro atoms. The predicted octanol–water partition coefficient (Wildman–Crippen LogP) is 1.70. The Kier molecular flexibility index (Phi) is 3.81. The van der Waals surface area contributed by atoms with Gasteiger partial charge in [0, 0.05) is 12.6 Å². The van der Waals surface area contributed by atoms with Gasteiger partial charge in [0.15, 0.2) is 0 Å². The van der Waals surface area contributed by atoms with Gasteiger partial charge in [0.25, 0.3) is 5.91 Å². The number of amides is 1. The van der Waals surface area contributed by atoms with Gasteiger partial charge in [-0.05, 0) is 19.1 Å². The molecule has 1 saturated heterocycles. The van der Waals surface area contributed by atoms with E-state index in [1.54, 1.807) is 11.0 Å². The Labute approximate surface area is 105 Å². The molecule has 18 heavy (non-hydrogen) atoms. The molecule has 0 aromatic heterocycles. The number of hydrogen-bond acceptors (Lipinski definition) is 3. The minimum absolute atomic E-state index is 0.0345. The highest BCUT2D eigenvalue weighted by Gasteiger charge is 2.26. The van der Waals surface area contributed by atoms with Gasteiger partial charge in [0.05, 0.1) is 31.9 Å². The lowest BCUT2D eigenvalue weighted by atomic mass is 10.1. The largest absolute Gasteiger partial charge is 0.497 e. The first kappa shape index (κ1) is 12.8. The van der Waals surface area contributed by atoms with Crippen LogP contribution in [-0.2, 0) is 4.74 Å². The molecular weight excluding hydrogens is 237 g/mol. The van der Waals surface area contributed by atoms with Crippen LogP contribution in [0.25, 0.3) is 0 Å². The van der Waals surface area contributed by atoms with Crippen LogP contribution >= 0.6 is 0 Å². The smallest absolute Gasteiger partial charge is 0.257 e. The van der Waals surface area contributed by atoms with E-state index in [1.165, 1.54) is 19.2 Å². The number of morpholine rings is 1. The third kappa shape index (κ3) is 2.46. The third-order valence-corrected chi connectivity index (χ3v) is 3.04. The SMILES string of the molecule is COc1ccc(C(=O)N2CCOCC2C)c(F)c1. The monoisotopic (exact) mass is 253 g/mol. The summed E-state index contributed by atoms with van der Waals surface area (Å²) < 4.78 is 24.0. The first-order valence-corrected chi connectivity index (χ1v) is 5.85. The van der Waals surface area contributed by atoms with E-state index in [0.717, 1.165) is 0 Å². The van der Waals surface area contributed by atoms with Crippen molar-refractivity contribution in [3.05, 3.63) is 29.6 Å². The molecule has 1 fully saturated rings. The van der Waals surface area contributed by atoms with E-state index >= 15 is 0 Å². The van der Waals surface area contributed by atoms with Crippen molar-refractivity contribution in [1.82, 2.24) is 4.90 Å². The first-order chi connectivity index (χ1) is 8.63. The summed E-state index contributed by atoms with van der Waals surface area (Å²) in [6, 6.07) is 4.23.